The number of rotatable bonds is 7. The third-order valence-electron chi connectivity index (χ3n) is 3.46. The second-order valence-electron chi connectivity index (χ2n) is 5.39. The fraction of sp³-hybridized carbons (Fsp3) is 0.467. The van der Waals surface area contributed by atoms with E-state index in [1.54, 1.807) is 12.1 Å². The Morgan fingerprint density at radius 1 is 1.29 bits per heavy atom. The summed E-state index contributed by atoms with van der Waals surface area (Å²) in [6, 6.07) is 5.82. The van der Waals surface area contributed by atoms with Crippen molar-refractivity contribution in [2.24, 2.45) is 11.7 Å². The maximum atomic E-state index is 13.0. The van der Waals surface area contributed by atoms with E-state index < -0.39 is 0 Å². The van der Waals surface area contributed by atoms with Crippen LogP contribution in [0.4, 0.5) is 4.39 Å². The number of nitrogens with one attached hydrogen (secondary N) is 2. The monoisotopic (exact) mass is 293 g/mol. The molecule has 2 amide bonds. The van der Waals surface area contributed by atoms with Crippen molar-refractivity contribution in [3.63, 3.8) is 0 Å². The number of carbonyl (C=O) groups is 2. The molecule has 2 rings (SSSR count). The SMILES string of the molecule is NC(CNC(=O)CNC(=O)Cc1cccc(F)c1)C1CC1. The van der Waals surface area contributed by atoms with E-state index in [9.17, 15) is 14.0 Å². The predicted octanol–water partition coefficient (Wildman–Crippen LogP) is 0.338. The molecule has 1 fully saturated rings. The molecule has 114 valence electrons. The molecule has 0 radical (unpaired) electrons. The fourth-order valence-corrected chi connectivity index (χ4v) is 2.06. The number of hydrogen-bond acceptors (Lipinski definition) is 3. The summed E-state index contributed by atoms with van der Waals surface area (Å²) in [6.45, 7) is 0.342. The summed E-state index contributed by atoms with van der Waals surface area (Å²) in [7, 11) is 0. The lowest BCUT2D eigenvalue weighted by molar-refractivity contribution is -0.125. The maximum Gasteiger partial charge on any atom is 0.239 e. The average molecular weight is 293 g/mol. The van der Waals surface area contributed by atoms with Crippen molar-refractivity contribution in [2.45, 2.75) is 25.3 Å². The molecule has 1 unspecified atom stereocenters. The first-order valence-corrected chi connectivity index (χ1v) is 7.08. The van der Waals surface area contributed by atoms with Crippen molar-refractivity contribution in [3.05, 3.63) is 35.6 Å². The molecule has 1 aromatic rings. The number of benzene rings is 1. The van der Waals surface area contributed by atoms with Gasteiger partial charge in [-0.05, 0) is 36.5 Å². The van der Waals surface area contributed by atoms with Crippen LogP contribution in [0.5, 0.6) is 0 Å². The van der Waals surface area contributed by atoms with Crippen molar-refractivity contribution in [2.75, 3.05) is 13.1 Å². The zero-order chi connectivity index (χ0) is 15.2. The average Bonchev–Trinajstić information content (AvgIpc) is 3.27. The third-order valence-corrected chi connectivity index (χ3v) is 3.46. The fourth-order valence-electron chi connectivity index (χ4n) is 2.06. The van der Waals surface area contributed by atoms with Gasteiger partial charge in [0, 0.05) is 12.6 Å². The number of hydrogen-bond donors (Lipinski definition) is 3. The van der Waals surface area contributed by atoms with E-state index in [0.717, 1.165) is 12.8 Å². The van der Waals surface area contributed by atoms with Crippen LogP contribution in [-0.4, -0.2) is 30.9 Å². The molecule has 1 atom stereocenters. The van der Waals surface area contributed by atoms with E-state index in [2.05, 4.69) is 10.6 Å². The first-order valence-electron chi connectivity index (χ1n) is 7.08. The predicted molar refractivity (Wildman–Crippen MR) is 76.8 cm³/mol. The third kappa shape index (κ3) is 5.51. The van der Waals surface area contributed by atoms with Gasteiger partial charge in [0.05, 0.1) is 13.0 Å². The zero-order valence-corrected chi connectivity index (χ0v) is 11.8. The second kappa shape index (κ2) is 7.17. The molecule has 1 aromatic carbocycles. The number of carbonyl (C=O) groups excluding carboxylic acids is 2. The molecule has 6 heteroatoms. The van der Waals surface area contributed by atoms with Crippen LogP contribution in [0.2, 0.25) is 0 Å². The van der Waals surface area contributed by atoms with E-state index >= 15 is 0 Å². The van der Waals surface area contributed by atoms with E-state index in [1.165, 1.54) is 12.1 Å². The molecule has 0 aromatic heterocycles. The summed E-state index contributed by atoms with van der Waals surface area (Å²) in [5.74, 6) is -0.444. The minimum absolute atomic E-state index is 0.00283. The highest BCUT2D eigenvalue weighted by Gasteiger charge is 2.28. The molecule has 21 heavy (non-hydrogen) atoms. The van der Waals surface area contributed by atoms with Gasteiger partial charge in [-0.25, -0.2) is 4.39 Å². The highest BCUT2D eigenvalue weighted by Crippen LogP contribution is 2.31. The van der Waals surface area contributed by atoms with Crippen molar-refractivity contribution in [1.82, 2.24) is 10.6 Å². The van der Waals surface area contributed by atoms with Crippen LogP contribution in [0.3, 0.4) is 0 Å². The van der Waals surface area contributed by atoms with Crippen LogP contribution in [-0.2, 0) is 16.0 Å². The molecule has 0 bridgehead atoms. The topological polar surface area (TPSA) is 84.2 Å². The second-order valence-corrected chi connectivity index (χ2v) is 5.39. The standard InChI is InChI=1S/C15H20FN3O2/c16-12-3-1-2-10(6-12)7-14(20)19-9-15(21)18-8-13(17)11-4-5-11/h1-3,6,11,13H,4-5,7-9,17H2,(H,18,21)(H,19,20). The molecule has 0 saturated heterocycles. The Hall–Kier alpha value is -1.95. The Kier molecular flexibility index (Phi) is 5.27. The van der Waals surface area contributed by atoms with Gasteiger partial charge in [-0.3, -0.25) is 9.59 Å². The molecule has 1 saturated carbocycles. The molecule has 0 heterocycles. The van der Waals surface area contributed by atoms with E-state index in [1.807, 2.05) is 0 Å². The van der Waals surface area contributed by atoms with Crippen molar-refractivity contribution < 1.29 is 14.0 Å². The van der Waals surface area contributed by atoms with Gasteiger partial charge in [0.1, 0.15) is 5.82 Å². The first kappa shape index (κ1) is 15.4. The number of amides is 2. The molecular formula is C15H20FN3O2. The van der Waals surface area contributed by atoms with Crippen LogP contribution in [0.25, 0.3) is 0 Å². The lowest BCUT2D eigenvalue weighted by Crippen LogP contribution is -2.43. The lowest BCUT2D eigenvalue weighted by Gasteiger charge is -2.12. The van der Waals surface area contributed by atoms with Crippen LogP contribution in [0.15, 0.2) is 24.3 Å². The van der Waals surface area contributed by atoms with Crippen molar-refractivity contribution in [1.29, 1.82) is 0 Å². The first-order chi connectivity index (χ1) is 10.0. The maximum absolute atomic E-state index is 13.0. The normalized spacial score (nSPS) is 15.3. The molecule has 0 spiro atoms. The summed E-state index contributed by atoms with van der Waals surface area (Å²) in [6.07, 6.45) is 2.30. The van der Waals surface area contributed by atoms with Gasteiger partial charge >= 0.3 is 0 Å². The van der Waals surface area contributed by atoms with Crippen LogP contribution >= 0.6 is 0 Å². The quantitative estimate of drug-likeness (QED) is 0.678. The number of nitrogens with two attached hydrogens (primary N) is 1. The van der Waals surface area contributed by atoms with Crippen LogP contribution in [0.1, 0.15) is 18.4 Å². The zero-order valence-electron chi connectivity index (χ0n) is 11.8. The van der Waals surface area contributed by atoms with Crippen LogP contribution < -0.4 is 16.4 Å². The summed E-state index contributed by atoms with van der Waals surface area (Å²) in [4.78, 5) is 23.2. The summed E-state index contributed by atoms with van der Waals surface area (Å²) in [5.41, 5.74) is 6.43. The van der Waals surface area contributed by atoms with Gasteiger partial charge in [0.2, 0.25) is 11.8 Å². The van der Waals surface area contributed by atoms with Gasteiger partial charge in [0.15, 0.2) is 0 Å². The highest BCUT2D eigenvalue weighted by molar-refractivity contribution is 5.85. The molecule has 1 aliphatic carbocycles. The molecule has 0 aliphatic heterocycles. The lowest BCUT2D eigenvalue weighted by atomic mass is 10.1. The van der Waals surface area contributed by atoms with Gasteiger partial charge in [-0.1, -0.05) is 12.1 Å². The van der Waals surface area contributed by atoms with Gasteiger partial charge in [0.25, 0.3) is 0 Å². The Balaban J connectivity index is 1.64. The Bertz CT molecular complexity index is 517. The molecule has 5 nitrogen and oxygen atoms in total. The highest BCUT2D eigenvalue weighted by atomic mass is 19.1. The van der Waals surface area contributed by atoms with Gasteiger partial charge in [-0.15, -0.1) is 0 Å². The minimum Gasteiger partial charge on any atom is -0.353 e. The molecular weight excluding hydrogens is 273 g/mol. The van der Waals surface area contributed by atoms with Gasteiger partial charge in [-0.2, -0.15) is 0 Å². The van der Waals surface area contributed by atoms with Crippen molar-refractivity contribution >= 4 is 11.8 Å². The van der Waals surface area contributed by atoms with Gasteiger partial charge < -0.3 is 16.4 Å². The van der Waals surface area contributed by atoms with E-state index in [-0.39, 0.29) is 36.6 Å². The summed E-state index contributed by atoms with van der Waals surface area (Å²) >= 11 is 0. The summed E-state index contributed by atoms with van der Waals surface area (Å²) in [5, 5.41) is 5.20. The smallest absolute Gasteiger partial charge is 0.239 e. The molecule has 4 N–H and O–H groups in total. The number of halogens is 1. The van der Waals surface area contributed by atoms with E-state index in [4.69, 9.17) is 5.73 Å². The molecule has 1 aliphatic rings. The summed E-state index contributed by atoms with van der Waals surface area (Å²) < 4.78 is 13.0. The Morgan fingerprint density at radius 2 is 2.05 bits per heavy atom. The van der Waals surface area contributed by atoms with E-state index in [0.29, 0.717) is 18.0 Å². The Labute approximate surface area is 123 Å². The minimum atomic E-state index is -0.382. The largest absolute Gasteiger partial charge is 0.353 e. The van der Waals surface area contributed by atoms with Crippen LogP contribution in [0, 0.1) is 11.7 Å². The van der Waals surface area contributed by atoms with Crippen molar-refractivity contribution in [3.8, 4) is 0 Å². The Morgan fingerprint density at radius 3 is 2.71 bits per heavy atom.